The highest BCUT2D eigenvalue weighted by molar-refractivity contribution is 5.97. The quantitative estimate of drug-likeness (QED) is 0.863. The van der Waals surface area contributed by atoms with Crippen molar-refractivity contribution < 1.29 is 9.59 Å². The summed E-state index contributed by atoms with van der Waals surface area (Å²) in [7, 11) is 0. The van der Waals surface area contributed by atoms with E-state index in [0.29, 0.717) is 18.3 Å². The van der Waals surface area contributed by atoms with Gasteiger partial charge in [-0.2, -0.15) is 0 Å². The van der Waals surface area contributed by atoms with Crippen LogP contribution in [-0.2, 0) is 9.59 Å². The molecule has 4 nitrogen and oxygen atoms in total. The van der Waals surface area contributed by atoms with E-state index in [0.717, 1.165) is 25.7 Å². The average molecular weight is 280 g/mol. The molecule has 4 heteroatoms. The van der Waals surface area contributed by atoms with E-state index in [4.69, 9.17) is 0 Å². The molecule has 0 aromatic heterocycles. The van der Waals surface area contributed by atoms with Gasteiger partial charge in [-0.25, -0.2) is 0 Å². The van der Waals surface area contributed by atoms with E-state index in [-0.39, 0.29) is 29.9 Å². The fraction of sp³-hybridized carbons (Fsp3) is 0.875. The van der Waals surface area contributed by atoms with Gasteiger partial charge in [-0.05, 0) is 43.9 Å². The molecule has 2 fully saturated rings. The van der Waals surface area contributed by atoms with E-state index in [9.17, 15) is 9.59 Å². The third kappa shape index (κ3) is 2.84. The van der Waals surface area contributed by atoms with Crippen LogP contribution >= 0.6 is 0 Å². The smallest absolute Gasteiger partial charge is 0.246 e. The van der Waals surface area contributed by atoms with E-state index in [2.05, 4.69) is 19.2 Å². The minimum absolute atomic E-state index is 0.0313. The van der Waals surface area contributed by atoms with Crippen molar-refractivity contribution in [3.8, 4) is 0 Å². The first-order chi connectivity index (χ1) is 9.39. The number of nitrogens with zero attached hydrogens (tertiary/aromatic N) is 1. The summed E-state index contributed by atoms with van der Waals surface area (Å²) in [6.45, 7) is 8.53. The molecule has 0 aromatic rings. The Hall–Kier alpha value is -1.06. The molecular weight excluding hydrogens is 252 g/mol. The predicted octanol–water partition coefficient (Wildman–Crippen LogP) is 2.47. The summed E-state index contributed by atoms with van der Waals surface area (Å²) < 4.78 is 0. The van der Waals surface area contributed by atoms with Gasteiger partial charge in [-0.15, -0.1) is 0 Å². The molecule has 0 spiro atoms. The molecule has 1 aliphatic heterocycles. The number of carbonyl (C=O) groups excluding carboxylic acids is 2. The van der Waals surface area contributed by atoms with Crippen molar-refractivity contribution in [2.24, 2.45) is 5.41 Å². The van der Waals surface area contributed by atoms with Crippen LogP contribution in [0.2, 0.25) is 0 Å². The maximum absolute atomic E-state index is 12.6. The van der Waals surface area contributed by atoms with Gasteiger partial charge in [0.2, 0.25) is 11.8 Å². The first kappa shape index (κ1) is 15.3. The summed E-state index contributed by atoms with van der Waals surface area (Å²) in [5.41, 5.74) is 0.378. The topological polar surface area (TPSA) is 49.4 Å². The van der Waals surface area contributed by atoms with Gasteiger partial charge in [0.15, 0.2) is 0 Å². The van der Waals surface area contributed by atoms with Crippen LogP contribution in [0.15, 0.2) is 0 Å². The maximum Gasteiger partial charge on any atom is 0.246 e. The summed E-state index contributed by atoms with van der Waals surface area (Å²) in [5.74, 6) is 0.160. The van der Waals surface area contributed by atoms with Crippen LogP contribution in [0.5, 0.6) is 0 Å². The van der Waals surface area contributed by atoms with Crippen molar-refractivity contribution in [1.82, 2.24) is 10.2 Å². The lowest BCUT2D eigenvalue weighted by atomic mass is 9.74. The number of amides is 2. The third-order valence-electron chi connectivity index (χ3n) is 5.00. The molecule has 0 radical (unpaired) electrons. The van der Waals surface area contributed by atoms with Gasteiger partial charge < -0.3 is 10.2 Å². The van der Waals surface area contributed by atoms with E-state index in [1.54, 1.807) is 0 Å². The van der Waals surface area contributed by atoms with Crippen LogP contribution in [-0.4, -0.2) is 34.8 Å². The standard InChI is InChI=1S/C16H28N2O2/c1-5-12-15(20)18(13(6-2)14(19)17-12)11-7-9-16(3,4)10-8-11/h11-13H,5-10H2,1-4H3,(H,17,19). The van der Waals surface area contributed by atoms with Gasteiger partial charge in [0.05, 0.1) is 0 Å². The third-order valence-corrected chi connectivity index (χ3v) is 5.00. The van der Waals surface area contributed by atoms with Crippen LogP contribution in [0.3, 0.4) is 0 Å². The number of nitrogens with one attached hydrogen (secondary N) is 1. The molecule has 2 amide bonds. The van der Waals surface area contributed by atoms with Crippen molar-refractivity contribution in [2.75, 3.05) is 0 Å². The highest BCUT2D eigenvalue weighted by Crippen LogP contribution is 2.38. The highest BCUT2D eigenvalue weighted by atomic mass is 16.2. The van der Waals surface area contributed by atoms with Crippen molar-refractivity contribution in [3.63, 3.8) is 0 Å². The van der Waals surface area contributed by atoms with E-state index in [1.165, 1.54) is 0 Å². The van der Waals surface area contributed by atoms with Crippen molar-refractivity contribution in [1.29, 1.82) is 0 Å². The largest absolute Gasteiger partial charge is 0.343 e. The summed E-state index contributed by atoms with van der Waals surface area (Å²) in [4.78, 5) is 26.8. The molecule has 0 aromatic carbocycles. The summed E-state index contributed by atoms with van der Waals surface area (Å²) in [6.07, 6.45) is 5.70. The van der Waals surface area contributed by atoms with Gasteiger partial charge in [0.1, 0.15) is 12.1 Å². The molecule has 1 saturated heterocycles. The summed E-state index contributed by atoms with van der Waals surface area (Å²) in [6, 6.07) is -0.336. The Bertz CT molecular complexity index is 382. The van der Waals surface area contributed by atoms with Crippen LogP contribution in [0.1, 0.15) is 66.2 Å². The fourth-order valence-electron chi connectivity index (χ4n) is 3.54. The van der Waals surface area contributed by atoms with E-state index in [1.807, 2.05) is 18.7 Å². The van der Waals surface area contributed by atoms with Crippen LogP contribution < -0.4 is 5.32 Å². The zero-order valence-electron chi connectivity index (χ0n) is 13.2. The average Bonchev–Trinajstić information content (AvgIpc) is 2.41. The van der Waals surface area contributed by atoms with Crippen LogP contribution in [0.4, 0.5) is 0 Å². The van der Waals surface area contributed by atoms with Crippen molar-refractivity contribution in [3.05, 3.63) is 0 Å². The first-order valence-electron chi connectivity index (χ1n) is 8.02. The van der Waals surface area contributed by atoms with E-state index >= 15 is 0 Å². The molecule has 20 heavy (non-hydrogen) atoms. The number of carbonyl (C=O) groups is 2. The fourth-order valence-corrected chi connectivity index (χ4v) is 3.54. The van der Waals surface area contributed by atoms with Crippen LogP contribution in [0.25, 0.3) is 0 Å². The van der Waals surface area contributed by atoms with Gasteiger partial charge in [0.25, 0.3) is 0 Å². The lowest BCUT2D eigenvalue weighted by molar-refractivity contribution is -0.153. The maximum atomic E-state index is 12.6. The van der Waals surface area contributed by atoms with Crippen molar-refractivity contribution in [2.45, 2.75) is 84.3 Å². The molecule has 1 N–H and O–H groups in total. The molecule has 2 rings (SSSR count). The lowest BCUT2D eigenvalue weighted by Gasteiger charge is -2.46. The van der Waals surface area contributed by atoms with E-state index < -0.39 is 0 Å². The summed E-state index contributed by atoms with van der Waals surface area (Å²) in [5, 5.41) is 2.87. The molecule has 2 aliphatic rings. The molecular formula is C16H28N2O2. The van der Waals surface area contributed by atoms with Crippen LogP contribution in [0, 0.1) is 5.41 Å². The second-order valence-corrected chi connectivity index (χ2v) is 7.03. The number of piperazine rings is 1. The monoisotopic (exact) mass is 280 g/mol. The Balaban J connectivity index is 2.17. The number of hydrogen-bond acceptors (Lipinski definition) is 2. The lowest BCUT2D eigenvalue weighted by Crippen LogP contribution is -2.65. The molecule has 2 atom stereocenters. The molecule has 2 unspecified atom stereocenters. The summed E-state index contributed by atoms with van der Waals surface area (Å²) >= 11 is 0. The van der Waals surface area contributed by atoms with Gasteiger partial charge >= 0.3 is 0 Å². The number of rotatable bonds is 3. The molecule has 0 bridgehead atoms. The highest BCUT2D eigenvalue weighted by Gasteiger charge is 2.43. The predicted molar refractivity (Wildman–Crippen MR) is 79.2 cm³/mol. The van der Waals surface area contributed by atoms with Gasteiger partial charge in [-0.1, -0.05) is 27.7 Å². The minimum Gasteiger partial charge on any atom is -0.343 e. The molecule has 114 valence electrons. The Morgan fingerprint density at radius 1 is 1.15 bits per heavy atom. The first-order valence-corrected chi connectivity index (χ1v) is 8.02. The van der Waals surface area contributed by atoms with Crippen molar-refractivity contribution >= 4 is 11.8 Å². The second kappa shape index (κ2) is 5.74. The van der Waals surface area contributed by atoms with Gasteiger partial charge in [-0.3, -0.25) is 9.59 Å². The Morgan fingerprint density at radius 3 is 2.25 bits per heavy atom. The zero-order chi connectivity index (χ0) is 14.9. The molecule has 1 aliphatic carbocycles. The SMILES string of the molecule is CCC1NC(=O)C(CC)N(C2CCC(C)(C)CC2)C1=O. The van der Waals surface area contributed by atoms with Gasteiger partial charge in [0, 0.05) is 6.04 Å². The Kier molecular flexibility index (Phi) is 4.40. The molecule has 1 heterocycles. The Labute approximate surface area is 122 Å². The second-order valence-electron chi connectivity index (χ2n) is 7.03. The number of hydrogen-bond donors (Lipinski definition) is 1. The zero-order valence-corrected chi connectivity index (χ0v) is 13.2. The molecule has 1 saturated carbocycles. The Morgan fingerprint density at radius 2 is 1.75 bits per heavy atom. The normalized spacial score (nSPS) is 31.3. The minimum atomic E-state index is -0.319.